The topological polar surface area (TPSA) is 99.2 Å². The maximum atomic E-state index is 12.5. The monoisotopic (exact) mass is 375 g/mol. The van der Waals surface area contributed by atoms with Crippen LogP contribution in [0.5, 0.6) is 0 Å². The van der Waals surface area contributed by atoms with Gasteiger partial charge < -0.3 is 15.2 Å². The molecule has 2 aliphatic rings. The predicted octanol–water partition coefficient (Wildman–Crippen LogP) is 2.22. The van der Waals surface area contributed by atoms with Crippen LogP contribution in [0.25, 0.3) is 11.0 Å². The van der Waals surface area contributed by atoms with Crippen LogP contribution in [0.1, 0.15) is 28.8 Å². The number of hydrogen-bond donors (Lipinski definition) is 2. The minimum Gasteiger partial charge on any atom is -0.349 e. The van der Waals surface area contributed by atoms with Crippen LogP contribution < -0.4 is 5.32 Å². The molecule has 1 amide bonds. The van der Waals surface area contributed by atoms with Crippen LogP contribution in [0.2, 0.25) is 0 Å². The molecule has 8 nitrogen and oxygen atoms in total. The van der Waals surface area contributed by atoms with Crippen molar-refractivity contribution in [3.05, 3.63) is 41.0 Å². The highest BCUT2D eigenvalue weighted by Crippen LogP contribution is 2.35. The molecule has 2 N–H and O–H groups in total. The van der Waals surface area contributed by atoms with Crippen molar-refractivity contribution >= 4 is 34.8 Å². The summed E-state index contributed by atoms with van der Waals surface area (Å²) in [5.74, 6) is 1.59. The molecule has 0 bridgehead atoms. The lowest BCUT2D eigenvalue weighted by atomic mass is 9.85. The third kappa shape index (κ3) is 2.72. The van der Waals surface area contributed by atoms with Gasteiger partial charge >= 0.3 is 0 Å². The summed E-state index contributed by atoms with van der Waals surface area (Å²) in [6.45, 7) is 0.687. The molecular formula is C20H21N7O. The van der Waals surface area contributed by atoms with Gasteiger partial charge in [-0.15, -0.1) is 0 Å². The molecule has 0 fully saturated rings. The number of aromatic nitrogens is 4. The molecule has 142 valence electrons. The normalized spacial score (nSPS) is 17.4. The summed E-state index contributed by atoms with van der Waals surface area (Å²) in [7, 11) is 3.62. The van der Waals surface area contributed by atoms with E-state index in [1.165, 1.54) is 0 Å². The predicted molar refractivity (Wildman–Crippen MR) is 107 cm³/mol. The fourth-order valence-corrected chi connectivity index (χ4v) is 4.10. The highest BCUT2D eigenvalue weighted by Gasteiger charge is 2.29. The molecule has 0 saturated carbocycles. The van der Waals surface area contributed by atoms with Crippen LogP contribution in [-0.2, 0) is 24.2 Å². The smallest absolute Gasteiger partial charge is 0.225 e. The van der Waals surface area contributed by atoms with E-state index in [9.17, 15) is 4.79 Å². The molecule has 3 aromatic heterocycles. The van der Waals surface area contributed by atoms with E-state index in [4.69, 9.17) is 0 Å². The van der Waals surface area contributed by atoms with Crippen molar-refractivity contribution in [2.24, 2.45) is 10.9 Å². The van der Waals surface area contributed by atoms with E-state index in [1.54, 1.807) is 11.2 Å². The number of hydrogen-bond acceptors (Lipinski definition) is 6. The quantitative estimate of drug-likeness (QED) is 0.731. The zero-order valence-electron chi connectivity index (χ0n) is 15.9. The van der Waals surface area contributed by atoms with Crippen molar-refractivity contribution in [3.63, 3.8) is 0 Å². The van der Waals surface area contributed by atoms with Gasteiger partial charge in [-0.05, 0) is 30.9 Å². The second-order valence-electron chi connectivity index (χ2n) is 7.56. The Kier molecular flexibility index (Phi) is 3.85. The Hall–Kier alpha value is -3.29. The molecule has 1 aliphatic heterocycles. The van der Waals surface area contributed by atoms with Crippen LogP contribution >= 0.6 is 0 Å². The molecule has 1 atom stereocenters. The number of pyridine rings is 1. The number of aryl methyl sites for hydroxylation is 1. The van der Waals surface area contributed by atoms with Crippen molar-refractivity contribution in [2.75, 3.05) is 19.4 Å². The second kappa shape index (κ2) is 6.40. The first-order valence-corrected chi connectivity index (χ1v) is 9.41. The summed E-state index contributed by atoms with van der Waals surface area (Å²) >= 11 is 0. The van der Waals surface area contributed by atoms with Crippen LogP contribution in [0.15, 0.2) is 23.6 Å². The van der Waals surface area contributed by atoms with Crippen molar-refractivity contribution < 1.29 is 4.79 Å². The van der Waals surface area contributed by atoms with Gasteiger partial charge in [0.05, 0.1) is 11.9 Å². The summed E-state index contributed by atoms with van der Waals surface area (Å²) < 4.78 is 0. The molecule has 28 heavy (non-hydrogen) atoms. The summed E-state index contributed by atoms with van der Waals surface area (Å²) in [6, 6.07) is 1.98. The van der Waals surface area contributed by atoms with Crippen molar-refractivity contribution in [1.29, 1.82) is 0 Å². The van der Waals surface area contributed by atoms with Crippen molar-refractivity contribution in [3.8, 4) is 0 Å². The van der Waals surface area contributed by atoms with E-state index < -0.39 is 0 Å². The lowest BCUT2D eigenvalue weighted by molar-refractivity contribution is -0.133. The van der Waals surface area contributed by atoms with Gasteiger partial charge in [-0.2, -0.15) is 0 Å². The van der Waals surface area contributed by atoms with Crippen LogP contribution in [-0.4, -0.2) is 51.1 Å². The minimum atomic E-state index is -0.0103. The Morgan fingerprint density at radius 2 is 2.18 bits per heavy atom. The molecule has 0 spiro atoms. The Morgan fingerprint density at radius 3 is 3.04 bits per heavy atom. The Bertz CT molecular complexity index is 1120. The van der Waals surface area contributed by atoms with Gasteiger partial charge in [0, 0.05) is 49.2 Å². The number of H-pyrrole nitrogens is 1. The summed E-state index contributed by atoms with van der Waals surface area (Å²) in [5.41, 5.74) is 5.28. The molecule has 8 heteroatoms. The Labute approximate surface area is 162 Å². The zero-order valence-corrected chi connectivity index (χ0v) is 15.9. The largest absolute Gasteiger partial charge is 0.349 e. The van der Waals surface area contributed by atoms with Crippen molar-refractivity contribution in [2.45, 2.75) is 25.8 Å². The van der Waals surface area contributed by atoms with Gasteiger partial charge in [0.1, 0.15) is 23.6 Å². The maximum Gasteiger partial charge on any atom is 0.225 e. The standard InChI is InChI=1S/C20H21N7O/c1-27(2)20(28)11-3-4-15-14(5-11)17-18(25-15)23-10-24-19(17)26-16-6-12-7-21-8-13(12)9-22-16/h6-7,9-11H,3-5,8H2,1-2H3,(H2,22,23,24,25,26). The van der Waals surface area contributed by atoms with Crippen molar-refractivity contribution in [1.82, 2.24) is 24.8 Å². The fraction of sp³-hybridized carbons (Fsp3) is 0.350. The third-order valence-corrected chi connectivity index (χ3v) is 5.53. The SMILES string of the molecule is CN(C)C(=O)C1CCc2[nH]c3ncnc(Nc4cc5c(cn4)CN=C5)c3c2C1. The lowest BCUT2D eigenvalue weighted by Crippen LogP contribution is -2.33. The van der Waals surface area contributed by atoms with E-state index in [-0.39, 0.29) is 11.8 Å². The number of amides is 1. The average Bonchev–Trinajstić information content (AvgIpc) is 3.30. The number of carbonyl (C=O) groups excluding carboxylic acids is 1. The van der Waals surface area contributed by atoms with E-state index in [2.05, 4.69) is 30.2 Å². The number of fused-ring (bicyclic) bond motifs is 4. The number of rotatable bonds is 3. The molecule has 3 aromatic rings. The molecule has 1 aliphatic carbocycles. The van der Waals surface area contributed by atoms with E-state index in [0.29, 0.717) is 18.8 Å². The molecule has 0 radical (unpaired) electrons. The first-order chi connectivity index (χ1) is 13.6. The number of aliphatic imine (C=N–C) groups is 1. The lowest BCUT2D eigenvalue weighted by Gasteiger charge is -2.24. The van der Waals surface area contributed by atoms with Gasteiger partial charge in [0.2, 0.25) is 5.91 Å². The number of nitrogens with zero attached hydrogens (tertiary/aromatic N) is 5. The summed E-state index contributed by atoms with van der Waals surface area (Å²) in [4.78, 5) is 35.2. The average molecular weight is 375 g/mol. The van der Waals surface area contributed by atoms with Gasteiger partial charge in [-0.1, -0.05) is 0 Å². The molecule has 5 rings (SSSR count). The second-order valence-corrected chi connectivity index (χ2v) is 7.56. The highest BCUT2D eigenvalue weighted by atomic mass is 16.2. The third-order valence-electron chi connectivity index (χ3n) is 5.53. The first-order valence-electron chi connectivity index (χ1n) is 9.41. The first kappa shape index (κ1) is 16.9. The van der Waals surface area contributed by atoms with E-state index in [0.717, 1.165) is 52.1 Å². The number of anilines is 2. The number of aromatic amines is 1. The molecule has 0 aromatic carbocycles. The van der Waals surface area contributed by atoms with Gasteiger partial charge in [0.15, 0.2) is 0 Å². The Morgan fingerprint density at radius 1 is 1.29 bits per heavy atom. The van der Waals surface area contributed by atoms with E-state index >= 15 is 0 Å². The number of carbonyl (C=O) groups is 1. The van der Waals surface area contributed by atoms with Gasteiger partial charge in [-0.3, -0.25) is 9.79 Å². The van der Waals surface area contributed by atoms with Crippen LogP contribution in [0.4, 0.5) is 11.6 Å². The van der Waals surface area contributed by atoms with Crippen LogP contribution in [0, 0.1) is 5.92 Å². The minimum absolute atomic E-state index is 0.0103. The van der Waals surface area contributed by atoms with Crippen LogP contribution in [0.3, 0.4) is 0 Å². The van der Waals surface area contributed by atoms with Gasteiger partial charge in [0.25, 0.3) is 0 Å². The number of nitrogens with one attached hydrogen (secondary N) is 2. The Balaban J connectivity index is 1.53. The summed E-state index contributed by atoms with van der Waals surface area (Å²) in [6.07, 6.45) is 7.64. The summed E-state index contributed by atoms with van der Waals surface area (Å²) in [5, 5.41) is 4.29. The molecule has 0 saturated heterocycles. The van der Waals surface area contributed by atoms with E-state index in [1.807, 2.05) is 32.6 Å². The maximum absolute atomic E-state index is 12.5. The fourth-order valence-electron chi connectivity index (χ4n) is 4.10. The molecular weight excluding hydrogens is 354 g/mol. The molecule has 4 heterocycles. The molecule has 1 unspecified atom stereocenters. The van der Waals surface area contributed by atoms with Gasteiger partial charge in [-0.25, -0.2) is 15.0 Å². The highest BCUT2D eigenvalue weighted by molar-refractivity contribution is 5.94. The zero-order chi connectivity index (χ0) is 19.3.